The summed E-state index contributed by atoms with van der Waals surface area (Å²) in [6.45, 7) is 0.366. The molecule has 0 saturated heterocycles. The number of imidazole rings is 1. The molecule has 0 saturated carbocycles. The molecule has 0 fully saturated rings. The van der Waals surface area contributed by atoms with Gasteiger partial charge in [-0.1, -0.05) is 0 Å². The summed E-state index contributed by atoms with van der Waals surface area (Å²) in [7, 11) is 0. The number of carboxylic acid groups (broad SMARTS) is 1. The van der Waals surface area contributed by atoms with Gasteiger partial charge in [-0.15, -0.1) is 0 Å². The van der Waals surface area contributed by atoms with E-state index in [9.17, 15) is 9.59 Å². The number of hydrogen-bond acceptors (Lipinski definition) is 4. The highest BCUT2D eigenvalue weighted by molar-refractivity contribution is 5.74. The number of fused-ring (bicyclic) bond motifs is 1. The maximum absolute atomic E-state index is 10.7. The van der Waals surface area contributed by atoms with Crippen LogP contribution in [0.3, 0.4) is 0 Å². The van der Waals surface area contributed by atoms with Crippen LogP contribution in [-0.2, 0) is 22.6 Å². The van der Waals surface area contributed by atoms with E-state index in [0.29, 0.717) is 25.1 Å². The molecule has 2 N–H and O–H groups in total. The number of nitrogens with one attached hydrogen (secondary N) is 1. The summed E-state index contributed by atoms with van der Waals surface area (Å²) in [6, 6.07) is -0.600. The zero-order valence-corrected chi connectivity index (χ0v) is 7.30. The molecule has 0 bridgehead atoms. The molecule has 6 nitrogen and oxygen atoms in total. The zero-order chi connectivity index (χ0) is 10.1. The highest BCUT2D eigenvalue weighted by Crippen LogP contribution is 2.14. The number of carboxylic acids is 1. The maximum Gasteiger partial charge on any atom is 0.321 e. The van der Waals surface area contributed by atoms with Crippen LogP contribution in [-0.4, -0.2) is 33.1 Å². The molecule has 0 spiro atoms. The van der Waals surface area contributed by atoms with Crippen LogP contribution in [0, 0.1) is 0 Å². The Bertz CT molecular complexity index is 385. The van der Waals surface area contributed by atoms with E-state index in [1.165, 1.54) is 10.9 Å². The Balaban J connectivity index is 2.28. The molecule has 0 amide bonds. The predicted octanol–water partition coefficient (Wildman–Crippen LogP) is -0.980. The third kappa shape index (κ3) is 1.29. The monoisotopic (exact) mass is 195 g/mol. The fourth-order valence-electron chi connectivity index (χ4n) is 1.54. The van der Waals surface area contributed by atoms with Crippen molar-refractivity contribution in [1.82, 2.24) is 14.9 Å². The van der Waals surface area contributed by atoms with E-state index in [1.54, 1.807) is 0 Å². The summed E-state index contributed by atoms with van der Waals surface area (Å²) >= 11 is 0. The molecule has 74 valence electrons. The van der Waals surface area contributed by atoms with Crippen molar-refractivity contribution in [2.75, 3.05) is 0 Å². The smallest absolute Gasteiger partial charge is 0.321 e. The maximum atomic E-state index is 10.7. The first-order chi connectivity index (χ1) is 6.72. The van der Waals surface area contributed by atoms with Gasteiger partial charge in [-0.25, -0.2) is 4.98 Å². The molecule has 1 aliphatic heterocycles. The van der Waals surface area contributed by atoms with E-state index in [0.717, 1.165) is 5.69 Å². The average molecular weight is 195 g/mol. The summed E-state index contributed by atoms with van der Waals surface area (Å²) in [6.07, 6.45) is 2.39. The van der Waals surface area contributed by atoms with Crippen molar-refractivity contribution < 1.29 is 14.7 Å². The number of hydrogen-bond donors (Lipinski definition) is 2. The average Bonchev–Trinajstić information content (AvgIpc) is 2.59. The molecule has 0 aromatic carbocycles. The second kappa shape index (κ2) is 3.22. The van der Waals surface area contributed by atoms with Gasteiger partial charge >= 0.3 is 5.97 Å². The normalized spacial score (nSPS) is 20.1. The van der Waals surface area contributed by atoms with E-state index < -0.39 is 12.0 Å². The van der Waals surface area contributed by atoms with E-state index >= 15 is 0 Å². The fourth-order valence-corrected chi connectivity index (χ4v) is 1.54. The lowest BCUT2D eigenvalue weighted by Crippen LogP contribution is -2.42. The van der Waals surface area contributed by atoms with Gasteiger partial charge in [-0.3, -0.25) is 19.5 Å². The van der Waals surface area contributed by atoms with Gasteiger partial charge in [0.1, 0.15) is 12.4 Å². The van der Waals surface area contributed by atoms with E-state index in [4.69, 9.17) is 5.11 Å². The Labute approximate surface area is 79.6 Å². The molecule has 1 unspecified atom stereocenters. The molecular formula is C8H9N3O3. The lowest BCUT2D eigenvalue weighted by atomic mass is 10.1. The van der Waals surface area contributed by atoms with Gasteiger partial charge < -0.3 is 5.11 Å². The van der Waals surface area contributed by atoms with Crippen LogP contribution in [0.1, 0.15) is 11.4 Å². The third-order valence-electron chi connectivity index (χ3n) is 2.31. The summed E-state index contributed by atoms with van der Waals surface area (Å²) in [5.41, 5.74) is 1.43. The van der Waals surface area contributed by atoms with Crippen LogP contribution in [0.25, 0.3) is 0 Å². The SMILES string of the molecule is O=Cn1cnc2c1CNC(C(=O)O)C2. The van der Waals surface area contributed by atoms with Crippen molar-refractivity contribution in [2.24, 2.45) is 0 Å². The van der Waals surface area contributed by atoms with E-state index in [-0.39, 0.29) is 0 Å². The van der Waals surface area contributed by atoms with E-state index in [1.807, 2.05) is 0 Å². The Morgan fingerprint density at radius 1 is 1.79 bits per heavy atom. The summed E-state index contributed by atoms with van der Waals surface area (Å²) in [5, 5.41) is 11.6. The standard InChI is InChI=1S/C8H9N3O3/c12-4-11-3-10-5-1-6(8(13)14)9-2-7(5)11/h3-4,6,9H,1-2H2,(H,13,14). The molecule has 2 rings (SSSR count). The molecule has 1 aromatic heterocycles. The summed E-state index contributed by atoms with van der Waals surface area (Å²) in [4.78, 5) is 25.2. The van der Waals surface area contributed by atoms with Gasteiger partial charge in [-0.05, 0) is 0 Å². The largest absolute Gasteiger partial charge is 0.480 e. The van der Waals surface area contributed by atoms with Crippen LogP contribution in [0.2, 0.25) is 0 Å². The van der Waals surface area contributed by atoms with Gasteiger partial charge in [0.25, 0.3) is 0 Å². The topological polar surface area (TPSA) is 84.2 Å². The van der Waals surface area contributed by atoms with Crippen molar-refractivity contribution in [2.45, 2.75) is 19.0 Å². The van der Waals surface area contributed by atoms with Crippen molar-refractivity contribution >= 4 is 12.4 Å². The van der Waals surface area contributed by atoms with Gasteiger partial charge in [-0.2, -0.15) is 0 Å². The zero-order valence-electron chi connectivity index (χ0n) is 7.30. The van der Waals surface area contributed by atoms with Gasteiger partial charge in [0, 0.05) is 13.0 Å². The molecule has 1 atom stereocenters. The lowest BCUT2D eigenvalue weighted by Gasteiger charge is -2.19. The van der Waals surface area contributed by atoms with Crippen LogP contribution >= 0.6 is 0 Å². The molecule has 0 radical (unpaired) electrons. The summed E-state index contributed by atoms with van der Waals surface area (Å²) < 4.78 is 1.36. The molecule has 6 heteroatoms. The number of aromatic nitrogens is 2. The van der Waals surface area contributed by atoms with Crippen molar-refractivity contribution in [3.05, 3.63) is 17.7 Å². The number of aliphatic carboxylic acids is 1. The van der Waals surface area contributed by atoms with Crippen molar-refractivity contribution in [3.63, 3.8) is 0 Å². The lowest BCUT2D eigenvalue weighted by molar-refractivity contribution is -0.139. The minimum atomic E-state index is -0.892. The van der Waals surface area contributed by atoms with E-state index in [2.05, 4.69) is 10.3 Å². The molecule has 0 aliphatic carbocycles. The van der Waals surface area contributed by atoms with Crippen LogP contribution in [0.15, 0.2) is 6.33 Å². The highest BCUT2D eigenvalue weighted by Gasteiger charge is 2.26. The Hall–Kier alpha value is -1.69. The second-order valence-electron chi connectivity index (χ2n) is 3.13. The number of carbonyl (C=O) groups is 2. The third-order valence-corrected chi connectivity index (χ3v) is 2.31. The summed E-state index contributed by atoms with van der Waals surface area (Å²) in [5.74, 6) is -0.892. The minimum Gasteiger partial charge on any atom is -0.480 e. The predicted molar refractivity (Wildman–Crippen MR) is 46.3 cm³/mol. The first kappa shape index (κ1) is 8.89. The first-order valence-electron chi connectivity index (χ1n) is 4.18. The quantitative estimate of drug-likeness (QED) is 0.592. The van der Waals surface area contributed by atoms with Gasteiger partial charge in [0.05, 0.1) is 11.4 Å². The number of nitrogens with zero attached hydrogens (tertiary/aromatic N) is 2. The number of rotatable bonds is 2. The van der Waals surface area contributed by atoms with Crippen LogP contribution in [0.4, 0.5) is 0 Å². The molecule has 1 aromatic rings. The van der Waals surface area contributed by atoms with Crippen LogP contribution in [0.5, 0.6) is 0 Å². The molecule has 1 aliphatic rings. The Morgan fingerprint density at radius 3 is 3.21 bits per heavy atom. The van der Waals surface area contributed by atoms with Gasteiger partial charge in [0.15, 0.2) is 0 Å². The number of carbonyl (C=O) groups excluding carboxylic acids is 1. The molecule has 2 heterocycles. The Morgan fingerprint density at radius 2 is 2.57 bits per heavy atom. The molecule has 14 heavy (non-hydrogen) atoms. The first-order valence-corrected chi connectivity index (χ1v) is 4.18. The molecular weight excluding hydrogens is 186 g/mol. The van der Waals surface area contributed by atoms with Gasteiger partial charge in [0.2, 0.25) is 6.41 Å². The highest BCUT2D eigenvalue weighted by atomic mass is 16.4. The van der Waals surface area contributed by atoms with Crippen LogP contribution < -0.4 is 5.32 Å². The minimum absolute atomic E-state index is 0.325. The Kier molecular flexibility index (Phi) is 2.05. The second-order valence-corrected chi connectivity index (χ2v) is 3.13. The fraction of sp³-hybridized carbons (Fsp3) is 0.375. The van der Waals surface area contributed by atoms with Crippen molar-refractivity contribution in [1.29, 1.82) is 0 Å². The van der Waals surface area contributed by atoms with Crippen molar-refractivity contribution in [3.8, 4) is 0 Å².